The predicted octanol–water partition coefficient (Wildman–Crippen LogP) is 1.25. The largest absolute Gasteiger partial charge is 0.386 e. The molecule has 1 atom stereocenters. The summed E-state index contributed by atoms with van der Waals surface area (Å²) in [5, 5.41) is 11.1. The Morgan fingerprint density at radius 1 is 1.50 bits per heavy atom. The van der Waals surface area contributed by atoms with Crippen LogP contribution in [-0.2, 0) is 11.3 Å². The van der Waals surface area contributed by atoms with Crippen LogP contribution in [0.4, 0.5) is 0 Å². The highest BCUT2D eigenvalue weighted by atomic mass is 16.5. The van der Waals surface area contributed by atoms with Gasteiger partial charge in [-0.1, -0.05) is 12.1 Å². The number of rotatable bonds is 2. The van der Waals surface area contributed by atoms with Crippen molar-refractivity contribution in [2.45, 2.75) is 31.9 Å². The van der Waals surface area contributed by atoms with Crippen molar-refractivity contribution in [3.05, 3.63) is 40.4 Å². The molecular formula is C15H18N2O3. The third-order valence-corrected chi connectivity index (χ3v) is 3.82. The smallest absolute Gasteiger partial charge is 0.261 e. The molecule has 1 saturated heterocycles. The van der Waals surface area contributed by atoms with Crippen molar-refractivity contribution in [3.8, 4) is 0 Å². The molecule has 1 aliphatic heterocycles. The van der Waals surface area contributed by atoms with Crippen molar-refractivity contribution in [2.75, 3.05) is 13.2 Å². The SMILES string of the molecule is Cc1cccc2c(=O)n(CC3(O)CCCOC3)cnc12. The fourth-order valence-corrected chi connectivity index (χ4v) is 2.73. The molecule has 20 heavy (non-hydrogen) atoms. The van der Waals surface area contributed by atoms with E-state index in [9.17, 15) is 9.90 Å². The van der Waals surface area contributed by atoms with Gasteiger partial charge in [0.05, 0.1) is 30.4 Å². The molecule has 5 heteroatoms. The maximum Gasteiger partial charge on any atom is 0.261 e. The standard InChI is InChI=1S/C15H18N2O3/c1-11-4-2-5-12-13(11)16-10-17(14(12)18)8-15(19)6-3-7-20-9-15/h2,4-5,10,19H,3,6-9H2,1H3. The normalized spacial score (nSPS) is 23.1. The molecule has 1 aliphatic rings. The van der Waals surface area contributed by atoms with Crippen molar-refractivity contribution in [1.29, 1.82) is 0 Å². The lowest BCUT2D eigenvalue weighted by atomic mass is 9.96. The molecule has 0 amide bonds. The minimum Gasteiger partial charge on any atom is -0.386 e. The van der Waals surface area contributed by atoms with Crippen LogP contribution in [0.15, 0.2) is 29.3 Å². The van der Waals surface area contributed by atoms with Crippen LogP contribution in [0.25, 0.3) is 10.9 Å². The van der Waals surface area contributed by atoms with E-state index in [2.05, 4.69) is 4.98 Å². The zero-order chi connectivity index (χ0) is 14.2. The summed E-state index contributed by atoms with van der Waals surface area (Å²) in [6, 6.07) is 5.56. The maximum atomic E-state index is 12.5. The number of nitrogens with zero attached hydrogens (tertiary/aromatic N) is 2. The Morgan fingerprint density at radius 2 is 2.35 bits per heavy atom. The molecule has 1 unspecified atom stereocenters. The van der Waals surface area contributed by atoms with Crippen LogP contribution in [0.2, 0.25) is 0 Å². The zero-order valence-electron chi connectivity index (χ0n) is 11.5. The number of para-hydroxylation sites is 1. The first-order valence-corrected chi connectivity index (χ1v) is 6.84. The molecule has 3 rings (SSSR count). The van der Waals surface area contributed by atoms with Crippen LogP contribution >= 0.6 is 0 Å². The van der Waals surface area contributed by atoms with E-state index >= 15 is 0 Å². The van der Waals surface area contributed by atoms with Gasteiger partial charge in [0.15, 0.2) is 0 Å². The summed E-state index contributed by atoms with van der Waals surface area (Å²) in [6.45, 7) is 3.10. The second kappa shape index (κ2) is 5.00. The topological polar surface area (TPSA) is 64.4 Å². The van der Waals surface area contributed by atoms with Crippen LogP contribution in [-0.4, -0.2) is 33.5 Å². The Hall–Kier alpha value is -1.72. The Labute approximate surface area is 116 Å². The summed E-state index contributed by atoms with van der Waals surface area (Å²) < 4.78 is 6.80. The van der Waals surface area contributed by atoms with Crippen molar-refractivity contribution in [2.24, 2.45) is 0 Å². The summed E-state index contributed by atoms with van der Waals surface area (Å²) in [6.07, 6.45) is 2.97. The number of fused-ring (bicyclic) bond motifs is 1. The quantitative estimate of drug-likeness (QED) is 0.895. The summed E-state index contributed by atoms with van der Waals surface area (Å²) >= 11 is 0. The molecule has 0 radical (unpaired) electrons. The average Bonchev–Trinajstić information content (AvgIpc) is 2.43. The molecule has 2 aromatic rings. The lowest BCUT2D eigenvalue weighted by Crippen LogP contribution is -2.44. The summed E-state index contributed by atoms with van der Waals surface area (Å²) in [5.41, 5.74) is 0.617. The molecule has 1 aromatic heterocycles. The third kappa shape index (κ3) is 2.34. The molecule has 5 nitrogen and oxygen atoms in total. The molecule has 2 heterocycles. The van der Waals surface area contributed by atoms with Crippen molar-refractivity contribution >= 4 is 10.9 Å². The van der Waals surface area contributed by atoms with E-state index < -0.39 is 5.60 Å². The molecule has 0 spiro atoms. The van der Waals surface area contributed by atoms with Crippen LogP contribution in [0.3, 0.4) is 0 Å². The van der Waals surface area contributed by atoms with E-state index in [0.717, 1.165) is 17.5 Å². The monoisotopic (exact) mass is 274 g/mol. The van der Waals surface area contributed by atoms with Gasteiger partial charge in [-0.2, -0.15) is 0 Å². The molecule has 106 valence electrons. The first kappa shape index (κ1) is 13.3. The van der Waals surface area contributed by atoms with Gasteiger partial charge >= 0.3 is 0 Å². The Kier molecular flexibility index (Phi) is 3.31. The summed E-state index contributed by atoms with van der Waals surface area (Å²) in [7, 11) is 0. The first-order chi connectivity index (χ1) is 9.59. The number of aromatic nitrogens is 2. The van der Waals surface area contributed by atoms with Gasteiger partial charge < -0.3 is 9.84 Å². The lowest BCUT2D eigenvalue weighted by Gasteiger charge is -2.32. The van der Waals surface area contributed by atoms with Crippen molar-refractivity contribution in [1.82, 2.24) is 9.55 Å². The number of benzene rings is 1. The number of aliphatic hydroxyl groups is 1. The lowest BCUT2D eigenvalue weighted by molar-refractivity contribution is -0.0947. The fourth-order valence-electron chi connectivity index (χ4n) is 2.73. The highest BCUT2D eigenvalue weighted by Crippen LogP contribution is 2.21. The Bertz CT molecular complexity index is 687. The van der Waals surface area contributed by atoms with Crippen LogP contribution in [0.1, 0.15) is 18.4 Å². The van der Waals surface area contributed by atoms with Crippen LogP contribution in [0, 0.1) is 6.92 Å². The van der Waals surface area contributed by atoms with Gasteiger partial charge in [0, 0.05) is 6.61 Å². The Balaban J connectivity index is 2.00. The molecule has 0 bridgehead atoms. The van der Waals surface area contributed by atoms with E-state index in [0.29, 0.717) is 18.4 Å². The van der Waals surface area contributed by atoms with Crippen molar-refractivity contribution < 1.29 is 9.84 Å². The number of ether oxygens (including phenoxy) is 1. The second-order valence-corrected chi connectivity index (χ2v) is 5.53. The summed E-state index contributed by atoms with van der Waals surface area (Å²) in [5.74, 6) is 0. The minimum atomic E-state index is -0.971. The van der Waals surface area contributed by atoms with E-state index in [1.807, 2.05) is 19.1 Å². The van der Waals surface area contributed by atoms with Gasteiger partial charge in [0.2, 0.25) is 0 Å². The van der Waals surface area contributed by atoms with E-state index in [-0.39, 0.29) is 18.7 Å². The molecular weight excluding hydrogens is 256 g/mol. The van der Waals surface area contributed by atoms with Crippen LogP contribution in [0.5, 0.6) is 0 Å². The van der Waals surface area contributed by atoms with Crippen LogP contribution < -0.4 is 5.56 Å². The Morgan fingerprint density at radius 3 is 3.10 bits per heavy atom. The average molecular weight is 274 g/mol. The first-order valence-electron chi connectivity index (χ1n) is 6.84. The van der Waals surface area contributed by atoms with E-state index in [1.54, 1.807) is 6.07 Å². The van der Waals surface area contributed by atoms with Gasteiger partial charge in [-0.15, -0.1) is 0 Å². The number of aryl methyl sites for hydroxylation is 1. The van der Waals surface area contributed by atoms with Gasteiger partial charge in [-0.05, 0) is 31.4 Å². The highest BCUT2D eigenvalue weighted by Gasteiger charge is 2.31. The van der Waals surface area contributed by atoms with Gasteiger partial charge in [0.25, 0.3) is 5.56 Å². The van der Waals surface area contributed by atoms with Crippen molar-refractivity contribution in [3.63, 3.8) is 0 Å². The zero-order valence-corrected chi connectivity index (χ0v) is 11.5. The third-order valence-electron chi connectivity index (χ3n) is 3.82. The molecule has 1 N–H and O–H groups in total. The van der Waals surface area contributed by atoms with Gasteiger partial charge in [-0.3, -0.25) is 9.36 Å². The highest BCUT2D eigenvalue weighted by molar-refractivity contribution is 5.80. The molecule has 0 saturated carbocycles. The van der Waals surface area contributed by atoms with E-state index in [4.69, 9.17) is 4.74 Å². The number of hydrogen-bond donors (Lipinski definition) is 1. The molecule has 1 fully saturated rings. The van der Waals surface area contributed by atoms with E-state index in [1.165, 1.54) is 10.9 Å². The summed E-state index contributed by atoms with van der Waals surface area (Å²) in [4.78, 5) is 16.8. The predicted molar refractivity (Wildman–Crippen MR) is 75.7 cm³/mol. The molecule has 1 aromatic carbocycles. The fraction of sp³-hybridized carbons (Fsp3) is 0.467. The van der Waals surface area contributed by atoms with Gasteiger partial charge in [0.1, 0.15) is 5.60 Å². The molecule has 0 aliphatic carbocycles. The number of hydrogen-bond acceptors (Lipinski definition) is 4. The van der Waals surface area contributed by atoms with Gasteiger partial charge in [-0.25, -0.2) is 4.98 Å². The second-order valence-electron chi connectivity index (χ2n) is 5.53. The maximum absolute atomic E-state index is 12.5. The minimum absolute atomic E-state index is 0.113.